The van der Waals surface area contributed by atoms with E-state index in [1.807, 2.05) is 0 Å². The molecule has 5 nitrogen and oxygen atoms in total. The third-order valence-electron chi connectivity index (χ3n) is 4.08. The minimum Gasteiger partial charge on any atom is -0.481 e. The Morgan fingerprint density at radius 3 is 2.29 bits per heavy atom. The molecule has 0 amide bonds. The number of aliphatic carboxylic acids is 1. The van der Waals surface area contributed by atoms with Gasteiger partial charge in [-0.05, 0) is 26.2 Å². The number of unbranched alkanes of at least 4 members (excludes halogenated alkanes) is 7. The molecule has 0 aliphatic rings. The van der Waals surface area contributed by atoms with Gasteiger partial charge in [-0.1, -0.05) is 51.4 Å². The molecule has 5 heteroatoms. The van der Waals surface area contributed by atoms with Crippen molar-refractivity contribution in [2.45, 2.75) is 102 Å². The quantitative estimate of drug-likeness (QED) is 0.305. The largest absolute Gasteiger partial charge is 0.481 e. The highest BCUT2D eigenvalue weighted by molar-refractivity contribution is 5.66. The van der Waals surface area contributed by atoms with Crippen LogP contribution in [0.1, 0.15) is 84.5 Å². The summed E-state index contributed by atoms with van der Waals surface area (Å²) in [6.45, 7) is 3.54. The molecule has 3 unspecified atom stereocenters. The Morgan fingerprint density at radius 1 is 1.04 bits per heavy atom. The lowest BCUT2D eigenvalue weighted by Gasteiger charge is -2.28. The summed E-state index contributed by atoms with van der Waals surface area (Å²) in [6.07, 6.45) is 6.17. The number of aliphatic hydroxyl groups is 3. The van der Waals surface area contributed by atoms with E-state index >= 15 is 0 Å². The number of hydrogen-bond donors (Lipinski definition) is 4. The second-order valence-electron chi connectivity index (χ2n) is 6.62. The molecule has 0 aromatic heterocycles. The van der Waals surface area contributed by atoms with Crippen LogP contribution in [0, 0.1) is 11.8 Å². The molecule has 0 aliphatic carbocycles. The monoisotopic (exact) mass is 342 g/mol. The fourth-order valence-electron chi connectivity index (χ4n) is 2.47. The van der Waals surface area contributed by atoms with Crippen molar-refractivity contribution < 1.29 is 25.2 Å². The second kappa shape index (κ2) is 13.2. The van der Waals surface area contributed by atoms with Crippen LogP contribution >= 0.6 is 0 Å². The summed E-state index contributed by atoms with van der Waals surface area (Å²) in [5.41, 5.74) is -1.60. The molecule has 0 heterocycles. The summed E-state index contributed by atoms with van der Waals surface area (Å²) < 4.78 is 0. The van der Waals surface area contributed by atoms with E-state index in [0.29, 0.717) is 19.3 Å². The third kappa shape index (κ3) is 11.4. The van der Waals surface area contributed by atoms with Gasteiger partial charge in [-0.25, -0.2) is 0 Å². The van der Waals surface area contributed by atoms with Gasteiger partial charge < -0.3 is 20.4 Å². The molecule has 0 fully saturated rings. The van der Waals surface area contributed by atoms with Gasteiger partial charge in [0.2, 0.25) is 0 Å². The predicted molar refractivity (Wildman–Crippen MR) is 94.5 cm³/mol. The SMILES string of the molecule is CCCCCC#CC(C)(O)C(O)C(O)CCCCCCCC(=O)O. The first kappa shape index (κ1) is 22.9. The molecule has 0 saturated heterocycles. The Morgan fingerprint density at radius 2 is 1.67 bits per heavy atom. The average Bonchev–Trinajstić information content (AvgIpc) is 2.52. The number of carboxylic acid groups (broad SMARTS) is 1. The maximum Gasteiger partial charge on any atom is 0.303 e. The fraction of sp³-hybridized carbons (Fsp3) is 0.842. The van der Waals surface area contributed by atoms with Crippen LogP contribution < -0.4 is 0 Å². The van der Waals surface area contributed by atoms with Crippen LogP contribution in [0.15, 0.2) is 0 Å². The van der Waals surface area contributed by atoms with Crippen LogP contribution in [0.3, 0.4) is 0 Å². The Labute approximate surface area is 146 Å². The van der Waals surface area contributed by atoms with Crippen molar-refractivity contribution >= 4 is 5.97 Å². The zero-order valence-electron chi connectivity index (χ0n) is 15.1. The van der Waals surface area contributed by atoms with Crippen molar-refractivity contribution in [1.29, 1.82) is 0 Å². The summed E-state index contributed by atoms with van der Waals surface area (Å²) in [5.74, 6) is 4.77. The topological polar surface area (TPSA) is 98.0 Å². The molecule has 0 rings (SSSR count). The fourth-order valence-corrected chi connectivity index (χ4v) is 2.47. The van der Waals surface area contributed by atoms with Crippen molar-refractivity contribution in [3.63, 3.8) is 0 Å². The lowest BCUT2D eigenvalue weighted by atomic mass is 9.92. The minimum atomic E-state index is -1.60. The smallest absolute Gasteiger partial charge is 0.303 e. The van der Waals surface area contributed by atoms with Crippen LogP contribution in [-0.4, -0.2) is 44.2 Å². The van der Waals surface area contributed by atoms with E-state index in [0.717, 1.165) is 44.9 Å². The van der Waals surface area contributed by atoms with E-state index in [1.165, 1.54) is 6.92 Å². The Bertz CT molecular complexity index is 394. The third-order valence-corrected chi connectivity index (χ3v) is 4.08. The summed E-state index contributed by atoms with van der Waals surface area (Å²) in [7, 11) is 0. The zero-order chi connectivity index (χ0) is 18.4. The summed E-state index contributed by atoms with van der Waals surface area (Å²) >= 11 is 0. The van der Waals surface area contributed by atoms with Gasteiger partial charge in [0.05, 0.1) is 6.10 Å². The lowest BCUT2D eigenvalue weighted by molar-refractivity contribution is -0.137. The predicted octanol–water partition coefficient (Wildman–Crippen LogP) is 2.86. The van der Waals surface area contributed by atoms with Gasteiger partial charge in [-0.2, -0.15) is 0 Å². The normalized spacial score (nSPS) is 15.9. The van der Waals surface area contributed by atoms with E-state index < -0.39 is 23.8 Å². The zero-order valence-corrected chi connectivity index (χ0v) is 15.1. The highest BCUT2D eigenvalue weighted by Crippen LogP contribution is 2.18. The molecule has 0 aromatic carbocycles. The van der Waals surface area contributed by atoms with E-state index in [4.69, 9.17) is 5.11 Å². The number of carboxylic acids is 1. The van der Waals surface area contributed by atoms with Crippen LogP contribution in [0.2, 0.25) is 0 Å². The van der Waals surface area contributed by atoms with Crippen LogP contribution in [-0.2, 0) is 4.79 Å². The summed E-state index contributed by atoms with van der Waals surface area (Å²) in [6, 6.07) is 0. The van der Waals surface area contributed by atoms with E-state index in [1.54, 1.807) is 0 Å². The van der Waals surface area contributed by atoms with Gasteiger partial charge in [-0.3, -0.25) is 4.79 Å². The van der Waals surface area contributed by atoms with Gasteiger partial charge in [-0.15, -0.1) is 5.92 Å². The average molecular weight is 342 g/mol. The van der Waals surface area contributed by atoms with E-state index in [-0.39, 0.29) is 6.42 Å². The molecular formula is C19H34O5. The summed E-state index contributed by atoms with van der Waals surface area (Å²) in [5, 5.41) is 38.8. The Hall–Kier alpha value is -1.09. The maximum atomic E-state index is 10.4. The molecule has 0 radical (unpaired) electrons. The van der Waals surface area contributed by atoms with Crippen molar-refractivity contribution in [2.75, 3.05) is 0 Å². The highest BCUT2D eigenvalue weighted by atomic mass is 16.4. The molecule has 0 aromatic rings. The Kier molecular flexibility index (Phi) is 12.6. The molecule has 0 aliphatic heterocycles. The number of aliphatic hydroxyl groups excluding tert-OH is 2. The number of rotatable bonds is 13. The second-order valence-corrected chi connectivity index (χ2v) is 6.62. The van der Waals surface area contributed by atoms with Crippen molar-refractivity contribution in [2.24, 2.45) is 0 Å². The highest BCUT2D eigenvalue weighted by Gasteiger charge is 2.33. The summed E-state index contributed by atoms with van der Waals surface area (Å²) in [4.78, 5) is 10.4. The number of hydrogen-bond acceptors (Lipinski definition) is 4. The van der Waals surface area contributed by atoms with Crippen molar-refractivity contribution in [1.82, 2.24) is 0 Å². The van der Waals surface area contributed by atoms with Crippen LogP contribution in [0.25, 0.3) is 0 Å². The van der Waals surface area contributed by atoms with Crippen LogP contribution in [0.5, 0.6) is 0 Å². The van der Waals surface area contributed by atoms with Gasteiger partial charge in [0.1, 0.15) is 6.10 Å². The van der Waals surface area contributed by atoms with Gasteiger partial charge in [0.25, 0.3) is 0 Å². The maximum absolute atomic E-state index is 10.4. The molecule has 0 bridgehead atoms. The number of carbonyl (C=O) groups is 1. The lowest BCUT2D eigenvalue weighted by Crippen LogP contribution is -2.45. The molecule has 0 saturated carbocycles. The van der Waals surface area contributed by atoms with Crippen LogP contribution in [0.4, 0.5) is 0 Å². The standard InChI is InChI=1S/C19H34O5/c1-3-4-5-9-12-15-19(2,24)18(23)16(20)13-10-7-6-8-11-14-17(21)22/h16,18,20,23-24H,3-11,13-14H2,1-2H3,(H,21,22). The molecule has 140 valence electrons. The van der Waals surface area contributed by atoms with Gasteiger partial charge in [0.15, 0.2) is 5.60 Å². The molecule has 0 spiro atoms. The first-order valence-corrected chi connectivity index (χ1v) is 9.11. The molecule has 3 atom stereocenters. The molecular weight excluding hydrogens is 308 g/mol. The van der Waals surface area contributed by atoms with Crippen molar-refractivity contribution in [3.05, 3.63) is 0 Å². The molecule has 24 heavy (non-hydrogen) atoms. The minimum absolute atomic E-state index is 0.196. The first-order valence-electron chi connectivity index (χ1n) is 9.11. The van der Waals surface area contributed by atoms with Gasteiger partial charge >= 0.3 is 5.97 Å². The van der Waals surface area contributed by atoms with Gasteiger partial charge in [0, 0.05) is 12.8 Å². The van der Waals surface area contributed by atoms with E-state index in [2.05, 4.69) is 18.8 Å². The van der Waals surface area contributed by atoms with Crippen molar-refractivity contribution in [3.8, 4) is 11.8 Å². The van der Waals surface area contributed by atoms with E-state index in [9.17, 15) is 20.1 Å². The first-order chi connectivity index (χ1) is 11.3. The Balaban J connectivity index is 3.98. The molecule has 4 N–H and O–H groups in total.